The molecule has 7 nitrogen and oxygen atoms in total. The van der Waals surface area contributed by atoms with Crippen molar-refractivity contribution in [1.29, 1.82) is 0 Å². The first-order valence-corrected chi connectivity index (χ1v) is 9.66. The highest BCUT2D eigenvalue weighted by Crippen LogP contribution is 2.18. The second kappa shape index (κ2) is 10.2. The van der Waals surface area contributed by atoms with Crippen LogP contribution < -0.4 is 20.9 Å². The number of ether oxygens (including phenoxy) is 1. The fraction of sp³-hybridized carbons (Fsp3) is 0.174. The molecule has 0 heterocycles. The minimum Gasteiger partial charge on any atom is -0.481 e. The van der Waals surface area contributed by atoms with Gasteiger partial charge in [-0.3, -0.25) is 25.2 Å². The van der Waals surface area contributed by atoms with Gasteiger partial charge in [0.1, 0.15) is 11.6 Å². The molecule has 3 rings (SSSR count). The normalized spacial score (nSPS) is 11.4. The van der Waals surface area contributed by atoms with Crippen LogP contribution in [-0.2, 0) is 20.8 Å². The summed E-state index contributed by atoms with van der Waals surface area (Å²) in [5.74, 6) is -1.60. The zero-order valence-corrected chi connectivity index (χ0v) is 16.9. The monoisotopic (exact) mass is 423 g/mol. The van der Waals surface area contributed by atoms with E-state index < -0.39 is 23.7 Å². The van der Waals surface area contributed by atoms with Crippen LogP contribution in [0.15, 0.2) is 66.7 Å². The fourth-order valence-corrected chi connectivity index (χ4v) is 2.91. The van der Waals surface area contributed by atoms with E-state index in [-0.39, 0.29) is 18.9 Å². The zero-order valence-electron chi connectivity index (χ0n) is 16.9. The van der Waals surface area contributed by atoms with Gasteiger partial charge in [0.15, 0.2) is 6.10 Å². The van der Waals surface area contributed by atoms with Crippen LogP contribution in [-0.4, -0.2) is 30.4 Å². The van der Waals surface area contributed by atoms with Gasteiger partial charge >= 0.3 is 0 Å². The molecule has 3 amide bonds. The minimum atomic E-state index is -0.924. The van der Waals surface area contributed by atoms with E-state index in [1.165, 1.54) is 31.2 Å². The number of hydrogen-bond acceptors (Lipinski definition) is 4. The Morgan fingerprint density at radius 2 is 1.61 bits per heavy atom. The van der Waals surface area contributed by atoms with Crippen LogP contribution in [0.4, 0.5) is 4.39 Å². The lowest BCUT2D eigenvalue weighted by atomic mass is 10.0. The average Bonchev–Trinajstić information content (AvgIpc) is 2.77. The van der Waals surface area contributed by atoms with E-state index in [0.717, 1.165) is 16.3 Å². The van der Waals surface area contributed by atoms with Crippen LogP contribution in [0.3, 0.4) is 0 Å². The predicted octanol–water partition coefficient (Wildman–Crippen LogP) is 2.25. The van der Waals surface area contributed by atoms with Gasteiger partial charge in [-0.2, -0.15) is 0 Å². The third kappa shape index (κ3) is 6.27. The summed E-state index contributed by atoms with van der Waals surface area (Å²) in [5.41, 5.74) is 5.29. The molecule has 3 aromatic rings. The van der Waals surface area contributed by atoms with Crippen LogP contribution in [0, 0.1) is 5.82 Å². The van der Waals surface area contributed by atoms with Crippen molar-refractivity contribution in [3.63, 3.8) is 0 Å². The van der Waals surface area contributed by atoms with Crippen LogP contribution in [0.2, 0.25) is 0 Å². The number of rotatable bonds is 7. The lowest BCUT2D eigenvalue weighted by Gasteiger charge is -2.15. The van der Waals surface area contributed by atoms with Gasteiger partial charge in [-0.1, -0.05) is 42.5 Å². The lowest BCUT2D eigenvalue weighted by molar-refractivity contribution is -0.132. The number of carbonyl (C=O) groups excluding carboxylic acids is 3. The van der Waals surface area contributed by atoms with Crippen molar-refractivity contribution in [1.82, 2.24) is 16.2 Å². The Hall–Kier alpha value is -3.94. The van der Waals surface area contributed by atoms with Gasteiger partial charge in [0, 0.05) is 0 Å². The molecule has 31 heavy (non-hydrogen) atoms. The Morgan fingerprint density at radius 1 is 0.903 bits per heavy atom. The van der Waals surface area contributed by atoms with Crippen molar-refractivity contribution in [2.75, 3.05) is 6.54 Å². The topological polar surface area (TPSA) is 96.5 Å². The number of hydrazine groups is 1. The summed E-state index contributed by atoms with van der Waals surface area (Å²) in [6.45, 7) is 1.19. The second-order valence-corrected chi connectivity index (χ2v) is 6.84. The van der Waals surface area contributed by atoms with Crippen molar-refractivity contribution in [3.8, 4) is 5.75 Å². The summed E-state index contributed by atoms with van der Waals surface area (Å²) in [6.07, 6.45) is -0.796. The highest BCUT2D eigenvalue weighted by Gasteiger charge is 2.16. The molecule has 1 unspecified atom stereocenters. The molecule has 3 aromatic carbocycles. The molecule has 1 atom stereocenters. The highest BCUT2D eigenvalue weighted by molar-refractivity contribution is 5.92. The maximum Gasteiger partial charge on any atom is 0.279 e. The number of amides is 3. The molecule has 0 spiro atoms. The number of halogens is 1. The van der Waals surface area contributed by atoms with E-state index in [9.17, 15) is 18.8 Å². The summed E-state index contributed by atoms with van der Waals surface area (Å²) in [7, 11) is 0. The van der Waals surface area contributed by atoms with Gasteiger partial charge in [-0.15, -0.1) is 0 Å². The molecule has 0 aromatic heterocycles. The third-order valence-corrected chi connectivity index (χ3v) is 4.50. The molecule has 0 aliphatic heterocycles. The van der Waals surface area contributed by atoms with Gasteiger partial charge in [0.2, 0.25) is 5.91 Å². The Balaban J connectivity index is 1.41. The van der Waals surface area contributed by atoms with Crippen molar-refractivity contribution in [3.05, 3.63) is 78.1 Å². The van der Waals surface area contributed by atoms with Crippen molar-refractivity contribution < 1.29 is 23.5 Å². The fourth-order valence-electron chi connectivity index (χ4n) is 2.91. The molecule has 160 valence electrons. The van der Waals surface area contributed by atoms with Gasteiger partial charge < -0.3 is 10.1 Å². The molecule has 8 heteroatoms. The molecular weight excluding hydrogens is 401 g/mol. The summed E-state index contributed by atoms with van der Waals surface area (Å²) < 4.78 is 18.3. The Bertz CT molecular complexity index is 1080. The molecule has 0 bridgehead atoms. The number of fused-ring (bicyclic) bond motifs is 1. The minimum absolute atomic E-state index is 0.129. The first-order valence-electron chi connectivity index (χ1n) is 9.66. The quantitative estimate of drug-likeness (QED) is 0.508. The van der Waals surface area contributed by atoms with Crippen molar-refractivity contribution in [2.45, 2.75) is 19.4 Å². The highest BCUT2D eigenvalue weighted by atomic mass is 19.1. The number of hydrogen-bond donors (Lipinski definition) is 3. The van der Waals surface area contributed by atoms with E-state index in [1.807, 2.05) is 42.5 Å². The van der Waals surface area contributed by atoms with Gasteiger partial charge in [-0.05, 0) is 47.5 Å². The molecule has 0 aliphatic rings. The van der Waals surface area contributed by atoms with Gasteiger partial charge in [-0.25, -0.2) is 4.39 Å². The largest absolute Gasteiger partial charge is 0.481 e. The molecule has 0 radical (unpaired) electrons. The molecule has 3 N–H and O–H groups in total. The number of benzene rings is 3. The standard InChI is InChI=1S/C23H22FN3O4/c1-15(31-19-11-9-18(24)10-12-19)23(30)27-26-22(29)14-25-21(28)13-17-7-4-6-16-5-2-3-8-20(16)17/h2-12,15H,13-14H2,1H3,(H,25,28)(H,26,29)(H,27,30). The Labute approximate surface area is 178 Å². The molecule has 0 fully saturated rings. The van der Waals surface area contributed by atoms with Crippen LogP contribution in [0.1, 0.15) is 12.5 Å². The first kappa shape index (κ1) is 21.8. The lowest BCUT2D eigenvalue weighted by Crippen LogP contribution is -2.50. The van der Waals surface area contributed by atoms with Gasteiger partial charge in [0.05, 0.1) is 13.0 Å². The molecule has 0 saturated heterocycles. The predicted molar refractivity (Wildman–Crippen MR) is 113 cm³/mol. The summed E-state index contributed by atoms with van der Waals surface area (Å²) in [6, 6.07) is 18.7. The van der Waals surface area contributed by atoms with Crippen LogP contribution in [0.5, 0.6) is 5.75 Å². The van der Waals surface area contributed by atoms with E-state index in [0.29, 0.717) is 5.75 Å². The summed E-state index contributed by atoms with van der Waals surface area (Å²) in [4.78, 5) is 36.1. The summed E-state index contributed by atoms with van der Waals surface area (Å²) >= 11 is 0. The van der Waals surface area contributed by atoms with E-state index in [1.54, 1.807) is 0 Å². The first-order chi connectivity index (χ1) is 14.9. The van der Waals surface area contributed by atoms with E-state index in [4.69, 9.17) is 4.74 Å². The third-order valence-electron chi connectivity index (χ3n) is 4.50. The molecule has 0 aliphatic carbocycles. The van der Waals surface area contributed by atoms with E-state index >= 15 is 0 Å². The van der Waals surface area contributed by atoms with Gasteiger partial charge in [0.25, 0.3) is 11.8 Å². The van der Waals surface area contributed by atoms with E-state index in [2.05, 4.69) is 16.2 Å². The SMILES string of the molecule is CC(Oc1ccc(F)cc1)C(=O)NNC(=O)CNC(=O)Cc1cccc2ccccc12. The Kier molecular flexibility index (Phi) is 7.16. The maximum absolute atomic E-state index is 12.9. The molecule has 0 saturated carbocycles. The Morgan fingerprint density at radius 3 is 2.39 bits per heavy atom. The van der Waals surface area contributed by atoms with Crippen LogP contribution in [0.25, 0.3) is 10.8 Å². The zero-order chi connectivity index (χ0) is 22.2. The van der Waals surface area contributed by atoms with Crippen molar-refractivity contribution >= 4 is 28.5 Å². The average molecular weight is 423 g/mol. The smallest absolute Gasteiger partial charge is 0.279 e. The summed E-state index contributed by atoms with van der Waals surface area (Å²) in [5, 5.41) is 4.54. The van der Waals surface area contributed by atoms with Crippen molar-refractivity contribution in [2.24, 2.45) is 0 Å². The maximum atomic E-state index is 12.9. The second-order valence-electron chi connectivity index (χ2n) is 6.84. The molecular formula is C23H22FN3O4. The number of nitrogens with one attached hydrogen (secondary N) is 3. The number of carbonyl (C=O) groups is 3. The van der Waals surface area contributed by atoms with Crippen LogP contribution >= 0.6 is 0 Å².